The quantitative estimate of drug-likeness (QED) is 0.692. The van der Waals surface area contributed by atoms with Gasteiger partial charge in [-0.05, 0) is 42.3 Å². The maximum atomic E-state index is 12.5. The van der Waals surface area contributed by atoms with E-state index in [9.17, 15) is 9.59 Å². The molecule has 140 valence electrons. The van der Waals surface area contributed by atoms with Crippen LogP contribution in [0.25, 0.3) is 6.08 Å². The average Bonchev–Trinajstić information content (AvgIpc) is 3.20. The van der Waals surface area contributed by atoms with Crippen LogP contribution in [0.3, 0.4) is 0 Å². The second-order valence-corrected chi connectivity index (χ2v) is 6.01. The van der Waals surface area contributed by atoms with E-state index < -0.39 is 0 Å². The number of hydrogen-bond acceptors (Lipinski definition) is 4. The van der Waals surface area contributed by atoms with E-state index in [2.05, 4.69) is 11.4 Å². The highest BCUT2D eigenvalue weighted by atomic mass is 16.3. The SMILES string of the molecule is CCCN(Cc1ccc(C#N)cc1)C(=O)CCNC(=O)/C=C/c1ccco1. The van der Waals surface area contributed by atoms with E-state index in [-0.39, 0.29) is 24.8 Å². The van der Waals surface area contributed by atoms with Crippen molar-refractivity contribution in [2.75, 3.05) is 13.1 Å². The number of furan rings is 1. The van der Waals surface area contributed by atoms with Crippen LogP contribution in [0.15, 0.2) is 53.2 Å². The van der Waals surface area contributed by atoms with E-state index >= 15 is 0 Å². The van der Waals surface area contributed by atoms with Crippen LogP contribution in [-0.4, -0.2) is 29.8 Å². The van der Waals surface area contributed by atoms with Gasteiger partial charge in [-0.2, -0.15) is 5.26 Å². The van der Waals surface area contributed by atoms with Crippen LogP contribution >= 0.6 is 0 Å². The molecule has 0 unspecified atom stereocenters. The second-order valence-electron chi connectivity index (χ2n) is 6.01. The van der Waals surface area contributed by atoms with E-state index in [1.54, 1.807) is 35.2 Å². The second kappa shape index (κ2) is 10.6. The Labute approximate surface area is 159 Å². The van der Waals surface area contributed by atoms with Crippen LogP contribution < -0.4 is 5.32 Å². The largest absolute Gasteiger partial charge is 0.465 e. The fraction of sp³-hybridized carbons (Fsp3) is 0.286. The molecule has 1 heterocycles. The molecule has 2 rings (SSSR count). The summed E-state index contributed by atoms with van der Waals surface area (Å²) in [6.07, 6.45) is 5.57. The third kappa shape index (κ3) is 6.83. The van der Waals surface area contributed by atoms with Crippen molar-refractivity contribution in [2.45, 2.75) is 26.3 Å². The van der Waals surface area contributed by atoms with E-state index in [0.29, 0.717) is 24.4 Å². The molecular weight excluding hydrogens is 342 g/mol. The molecule has 1 aromatic heterocycles. The maximum Gasteiger partial charge on any atom is 0.244 e. The number of nitrogens with one attached hydrogen (secondary N) is 1. The average molecular weight is 365 g/mol. The molecule has 0 aliphatic carbocycles. The van der Waals surface area contributed by atoms with E-state index in [0.717, 1.165) is 12.0 Å². The molecule has 2 amide bonds. The Hall–Kier alpha value is -3.33. The van der Waals surface area contributed by atoms with Gasteiger partial charge < -0.3 is 14.6 Å². The van der Waals surface area contributed by atoms with Gasteiger partial charge in [-0.15, -0.1) is 0 Å². The number of carbonyl (C=O) groups excluding carboxylic acids is 2. The molecule has 1 aromatic carbocycles. The number of nitrogens with zero attached hydrogens (tertiary/aromatic N) is 2. The Morgan fingerprint density at radius 1 is 1.26 bits per heavy atom. The number of amides is 2. The van der Waals surface area contributed by atoms with Crippen molar-refractivity contribution in [3.8, 4) is 6.07 Å². The minimum Gasteiger partial charge on any atom is -0.465 e. The summed E-state index contributed by atoms with van der Waals surface area (Å²) in [5, 5.41) is 11.6. The van der Waals surface area contributed by atoms with Crippen LogP contribution in [0.1, 0.15) is 36.7 Å². The lowest BCUT2D eigenvalue weighted by Crippen LogP contribution is -2.34. The normalized spacial score (nSPS) is 10.5. The number of carbonyl (C=O) groups is 2. The van der Waals surface area contributed by atoms with Gasteiger partial charge in [0.25, 0.3) is 0 Å². The zero-order chi connectivity index (χ0) is 19.5. The van der Waals surface area contributed by atoms with Crippen molar-refractivity contribution in [2.24, 2.45) is 0 Å². The lowest BCUT2D eigenvalue weighted by molar-refractivity contribution is -0.131. The van der Waals surface area contributed by atoms with E-state index in [1.807, 2.05) is 19.1 Å². The van der Waals surface area contributed by atoms with Crippen molar-refractivity contribution >= 4 is 17.9 Å². The van der Waals surface area contributed by atoms with Crippen LogP contribution in [0.2, 0.25) is 0 Å². The molecular formula is C21H23N3O3. The molecule has 0 aliphatic rings. The Kier molecular flexibility index (Phi) is 7.86. The van der Waals surface area contributed by atoms with Crippen molar-refractivity contribution in [3.63, 3.8) is 0 Å². The standard InChI is InChI=1S/C21H23N3O3/c1-2-13-24(16-18-7-5-17(15-22)6-8-18)21(26)11-12-23-20(25)10-9-19-4-3-14-27-19/h3-10,14H,2,11-13,16H2,1H3,(H,23,25)/b10-9+. The summed E-state index contributed by atoms with van der Waals surface area (Å²) in [4.78, 5) is 26.0. The summed E-state index contributed by atoms with van der Waals surface area (Å²) in [7, 11) is 0. The minimum atomic E-state index is -0.270. The highest BCUT2D eigenvalue weighted by Gasteiger charge is 2.13. The Morgan fingerprint density at radius 3 is 2.67 bits per heavy atom. The topological polar surface area (TPSA) is 86.3 Å². The summed E-state index contributed by atoms with van der Waals surface area (Å²) in [5.74, 6) is 0.308. The Morgan fingerprint density at radius 2 is 2.04 bits per heavy atom. The summed E-state index contributed by atoms with van der Waals surface area (Å²) in [6.45, 7) is 3.42. The number of hydrogen-bond donors (Lipinski definition) is 1. The highest BCUT2D eigenvalue weighted by Crippen LogP contribution is 2.09. The summed E-state index contributed by atoms with van der Waals surface area (Å²) < 4.78 is 5.11. The summed E-state index contributed by atoms with van der Waals surface area (Å²) in [6, 6.07) is 12.8. The third-order valence-electron chi connectivity index (χ3n) is 3.88. The minimum absolute atomic E-state index is 0.0171. The van der Waals surface area contributed by atoms with Crippen LogP contribution in [-0.2, 0) is 16.1 Å². The molecule has 0 fully saturated rings. The van der Waals surface area contributed by atoms with E-state index in [4.69, 9.17) is 9.68 Å². The van der Waals surface area contributed by atoms with Crippen molar-refractivity contribution < 1.29 is 14.0 Å². The predicted octanol–water partition coefficient (Wildman–Crippen LogP) is 3.11. The van der Waals surface area contributed by atoms with Crippen LogP contribution in [0, 0.1) is 11.3 Å². The van der Waals surface area contributed by atoms with Crippen LogP contribution in [0.4, 0.5) is 0 Å². The van der Waals surface area contributed by atoms with Gasteiger partial charge in [0.15, 0.2) is 0 Å². The molecule has 0 radical (unpaired) electrons. The molecule has 6 heteroatoms. The van der Waals surface area contributed by atoms with Crippen molar-refractivity contribution in [3.05, 3.63) is 65.6 Å². The molecule has 6 nitrogen and oxygen atoms in total. The lowest BCUT2D eigenvalue weighted by Gasteiger charge is -2.22. The number of benzene rings is 1. The zero-order valence-corrected chi connectivity index (χ0v) is 15.4. The maximum absolute atomic E-state index is 12.5. The highest BCUT2D eigenvalue weighted by molar-refractivity contribution is 5.91. The number of nitriles is 1. The van der Waals surface area contributed by atoms with Crippen LogP contribution in [0.5, 0.6) is 0 Å². The van der Waals surface area contributed by atoms with E-state index in [1.165, 1.54) is 12.3 Å². The molecule has 0 atom stereocenters. The first kappa shape index (κ1) is 20.0. The molecule has 0 bridgehead atoms. The molecule has 0 saturated heterocycles. The lowest BCUT2D eigenvalue weighted by atomic mass is 10.1. The van der Waals surface area contributed by atoms with Crippen molar-refractivity contribution in [1.29, 1.82) is 5.26 Å². The monoisotopic (exact) mass is 365 g/mol. The Balaban J connectivity index is 1.81. The van der Waals surface area contributed by atoms with Gasteiger partial charge in [0, 0.05) is 32.1 Å². The fourth-order valence-electron chi connectivity index (χ4n) is 2.52. The Bertz CT molecular complexity index is 802. The van der Waals surface area contributed by atoms with Gasteiger partial charge in [0.1, 0.15) is 5.76 Å². The molecule has 2 aromatic rings. The smallest absolute Gasteiger partial charge is 0.244 e. The van der Waals surface area contributed by atoms with Gasteiger partial charge in [0.2, 0.25) is 11.8 Å². The number of rotatable bonds is 9. The third-order valence-corrected chi connectivity index (χ3v) is 3.88. The molecule has 0 saturated carbocycles. The fourth-order valence-corrected chi connectivity index (χ4v) is 2.52. The van der Waals surface area contributed by atoms with Gasteiger partial charge in [-0.3, -0.25) is 9.59 Å². The summed E-state index contributed by atoms with van der Waals surface area (Å²) >= 11 is 0. The first-order chi connectivity index (χ1) is 13.1. The van der Waals surface area contributed by atoms with Gasteiger partial charge in [0.05, 0.1) is 17.9 Å². The molecule has 0 aliphatic heterocycles. The van der Waals surface area contributed by atoms with Gasteiger partial charge >= 0.3 is 0 Å². The van der Waals surface area contributed by atoms with Crippen molar-refractivity contribution in [1.82, 2.24) is 10.2 Å². The molecule has 0 spiro atoms. The van der Waals surface area contributed by atoms with Gasteiger partial charge in [-0.25, -0.2) is 0 Å². The zero-order valence-electron chi connectivity index (χ0n) is 15.4. The first-order valence-corrected chi connectivity index (χ1v) is 8.88. The molecule has 27 heavy (non-hydrogen) atoms. The van der Waals surface area contributed by atoms with Gasteiger partial charge in [-0.1, -0.05) is 19.1 Å². The summed E-state index contributed by atoms with van der Waals surface area (Å²) in [5.41, 5.74) is 1.57. The molecule has 1 N–H and O–H groups in total. The predicted molar refractivity (Wildman–Crippen MR) is 102 cm³/mol. The first-order valence-electron chi connectivity index (χ1n) is 8.88.